The molecule has 0 atom stereocenters. The smallest absolute Gasteiger partial charge is 0.399 e. The first-order valence-corrected chi connectivity index (χ1v) is 11.2. The molecule has 4 N–H and O–H groups in total. The van der Waals surface area contributed by atoms with Gasteiger partial charge in [-0.2, -0.15) is 92.2 Å². The van der Waals surface area contributed by atoms with E-state index in [4.69, 9.17) is 15.5 Å². The maximum Gasteiger partial charge on any atom is 0.460 e. The Bertz CT molecular complexity index is 1150. The van der Waals surface area contributed by atoms with Crippen LogP contribution in [0.1, 0.15) is 5.56 Å². The number of hydrogen-bond acceptors (Lipinski definition) is 2. The third kappa shape index (κ3) is 5.91. The monoisotopic (exact) mass is 707 g/mol. The number of anilines is 1. The van der Waals surface area contributed by atoms with E-state index >= 15 is 0 Å². The molecule has 0 aromatic heterocycles. The lowest BCUT2D eigenvalue weighted by atomic mass is 9.87. The van der Waals surface area contributed by atoms with Crippen LogP contribution in [0, 0.1) is 6.92 Å². The fourth-order valence-corrected chi connectivity index (χ4v) is 2.81. The molecule has 26 heteroatoms. The highest BCUT2D eigenvalue weighted by Gasteiger charge is 2.98. The number of nitrogen functional groups attached to an aromatic ring is 1. The van der Waals surface area contributed by atoms with Gasteiger partial charge in [0.25, 0.3) is 0 Å². The average molecular weight is 707 g/mol. The Labute approximate surface area is 222 Å². The molecule has 0 unspecified atom stereocenters. The minimum absolute atomic E-state index is 0.829. The SMILES string of the molecule is Cc1ccc(N)cc1.O=P(O)(O)C(F)(F)C(F)(F)C(F)(F)C(F)(F)C(F)(F)C(F)(F)C(F)(F)C(F)(F)C(F)(F)C(F)(F)F. The summed E-state index contributed by atoms with van der Waals surface area (Å²) < 4.78 is 281. The summed E-state index contributed by atoms with van der Waals surface area (Å²) in [5.74, 6) is -72.3. The molecular formula is C17H11F21NO3P. The zero-order valence-corrected chi connectivity index (χ0v) is 20.5. The Kier molecular flexibility index (Phi) is 10.4. The van der Waals surface area contributed by atoms with Gasteiger partial charge in [-0.15, -0.1) is 0 Å². The number of rotatable bonds is 9. The van der Waals surface area contributed by atoms with Crippen LogP contribution in [0.4, 0.5) is 97.9 Å². The molecule has 0 spiro atoms. The van der Waals surface area contributed by atoms with Gasteiger partial charge >= 0.3 is 66.8 Å². The molecule has 0 aliphatic carbocycles. The van der Waals surface area contributed by atoms with Crippen LogP contribution in [0.3, 0.4) is 0 Å². The minimum Gasteiger partial charge on any atom is -0.399 e. The van der Waals surface area contributed by atoms with E-state index in [1.165, 1.54) is 5.56 Å². The van der Waals surface area contributed by atoms with Gasteiger partial charge in [-0.05, 0) is 19.1 Å². The zero-order chi connectivity index (χ0) is 35.5. The molecule has 0 aliphatic heterocycles. The van der Waals surface area contributed by atoms with Crippen LogP contribution < -0.4 is 5.73 Å². The molecular weight excluding hydrogens is 696 g/mol. The largest absolute Gasteiger partial charge is 0.460 e. The molecule has 0 fully saturated rings. The van der Waals surface area contributed by atoms with Crippen molar-refractivity contribution in [2.24, 2.45) is 0 Å². The molecule has 0 radical (unpaired) electrons. The van der Waals surface area contributed by atoms with Crippen LogP contribution in [0.25, 0.3) is 0 Å². The van der Waals surface area contributed by atoms with Crippen molar-refractivity contribution in [3.05, 3.63) is 29.8 Å². The second kappa shape index (κ2) is 10.9. The first-order valence-electron chi connectivity index (χ1n) is 9.63. The van der Waals surface area contributed by atoms with Gasteiger partial charge in [-0.1, -0.05) is 17.7 Å². The quantitative estimate of drug-likeness (QED) is 0.138. The predicted molar refractivity (Wildman–Crippen MR) is 98.2 cm³/mol. The highest BCUT2D eigenvalue weighted by molar-refractivity contribution is 7.53. The van der Waals surface area contributed by atoms with Crippen molar-refractivity contribution >= 4 is 13.3 Å². The molecule has 0 bridgehead atoms. The Morgan fingerprint density at radius 3 is 0.930 bits per heavy atom. The van der Waals surface area contributed by atoms with Crippen molar-refractivity contribution in [3.8, 4) is 0 Å². The number of halogens is 21. The van der Waals surface area contributed by atoms with Crippen LogP contribution in [0.2, 0.25) is 0 Å². The van der Waals surface area contributed by atoms with E-state index in [9.17, 15) is 96.8 Å². The summed E-state index contributed by atoms with van der Waals surface area (Å²) in [5.41, 5.74) is -0.417. The second-order valence-corrected chi connectivity index (χ2v) is 9.74. The van der Waals surface area contributed by atoms with Gasteiger partial charge in [0.05, 0.1) is 0 Å². The summed E-state index contributed by atoms with van der Waals surface area (Å²) in [6.07, 6.45) is -8.07. The molecule has 1 aromatic rings. The first kappa shape index (κ1) is 40.7. The number of hydrogen-bond donors (Lipinski definition) is 3. The molecule has 0 heterocycles. The number of benzene rings is 1. The fraction of sp³-hybridized carbons (Fsp3) is 0.647. The summed E-state index contributed by atoms with van der Waals surface area (Å²) in [7, 11) is -8.17. The van der Waals surface area contributed by atoms with Gasteiger partial charge in [-0.3, -0.25) is 4.57 Å². The van der Waals surface area contributed by atoms with Crippen LogP contribution in [0.15, 0.2) is 24.3 Å². The van der Waals surface area contributed by atoms with Crippen LogP contribution in [-0.4, -0.2) is 69.0 Å². The molecule has 254 valence electrons. The lowest BCUT2D eigenvalue weighted by Gasteiger charge is -2.44. The summed E-state index contributed by atoms with van der Waals surface area (Å²) in [5, 5.41) is 0. The zero-order valence-electron chi connectivity index (χ0n) is 19.6. The van der Waals surface area contributed by atoms with Gasteiger partial charge in [0.1, 0.15) is 0 Å². The van der Waals surface area contributed by atoms with Gasteiger partial charge in [-0.25, -0.2) is 0 Å². The lowest BCUT2D eigenvalue weighted by molar-refractivity contribution is -0.472. The summed E-state index contributed by atoms with van der Waals surface area (Å²) in [6, 6.07) is 7.79. The molecule has 0 aliphatic rings. The van der Waals surface area contributed by atoms with Crippen LogP contribution in [-0.2, 0) is 4.57 Å². The van der Waals surface area contributed by atoms with Gasteiger partial charge in [0.15, 0.2) is 0 Å². The van der Waals surface area contributed by atoms with Crippen molar-refractivity contribution in [2.75, 3.05) is 5.73 Å². The maximum absolute atomic E-state index is 13.3. The van der Waals surface area contributed by atoms with Gasteiger partial charge in [0.2, 0.25) is 0 Å². The number of aryl methyl sites for hydroxylation is 1. The third-order valence-electron chi connectivity index (χ3n) is 4.94. The summed E-state index contributed by atoms with van der Waals surface area (Å²) in [4.78, 5) is 15.7. The normalized spacial score (nSPS) is 15.6. The predicted octanol–water partition coefficient (Wildman–Crippen LogP) is 7.98. The minimum atomic E-state index is -9.35. The Balaban J connectivity index is 0.00000188. The number of nitrogens with two attached hydrogens (primary N) is 1. The third-order valence-corrected chi connectivity index (χ3v) is 5.95. The van der Waals surface area contributed by atoms with E-state index in [0.717, 1.165) is 5.69 Å². The van der Waals surface area contributed by atoms with Crippen molar-refractivity contribution in [1.29, 1.82) is 0 Å². The fourth-order valence-electron chi connectivity index (χ4n) is 2.30. The van der Waals surface area contributed by atoms with Crippen molar-refractivity contribution in [3.63, 3.8) is 0 Å². The first-order chi connectivity index (χ1) is 18.3. The summed E-state index contributed by atoms with van der Waals surface area (Å²) >= 11 is 0. The summed E-state index contributed by atoms with van der Waals surface area (Å²) in [6.45, 7) is 2.04. The molecule has 1 aromatic carbocycles. The Morgan fingerprint density at radius 2 is 0.721 bits per heavy atom. The molecule has 1 rings (SSSR count). The second-order valence-electron chi connectivity index (χ2n) is 8.09. The Hall–Kier alpha value is -2.30. The molecule has 4 nitrogen and oxygen atoms in total. The highest BCUT2D eigenvalue weighted by Crippen LogP contribution is 2.69. The lowest BCUT2D eigenvalue weighted by Crippen LogP contribution is -2.76. The van der Waals surface area contributed by atoms with E-state index in [-0.39, 0.29) is 0 Å². The highest BCUT2D eigenvalue weighted by atomic mass is 31.2. The molecule has 0 saturated carbocycles. The average Bonchev–Trinajstić information content (AvgIpc) is 2.78. The van der Waals surface area contributed by atoms with Gasteiger partial charge < -0.3 is 15.5 Å². The molecule has 0 amide bonds. The van der Waals surface area contributed by atoms with E-state index in [1.807, 2.05) is 31.2 Å². The Morgan fingerprint density at radius 1 is 0.488 bits per heavy atom. The topological polar surface area (TPSA) is 83.6 Å². The van der Waals surface area contributed by atoms with Crippen molar-refractivity contribution in [1.82, 2.24) is 0 Å². The van der Waals surface area contributed by atoms with Crippen molar-refractivity contribution < 1.29 is 107 Å². The van der Waals surface area contributed by atoms with Crippen molar-refractivity contribution in [2.45, 2.75) is 66.1 Å². The number of alkyl halides is 21. The van der Waals surface area contributed by atoms with E-state index in [1.54, 1.807) is 0 Å². The molecule has 0 saturated heterocycles. The van der Waals surface area contributed by atoms with Gasteiger partial charge in [0, 0.05) is 5.69 Å². The molecule has 43 heavy (non-hydrogen) atoms. The van der Waals surface area contributed by atoms with Crippen LogP contribution in [0.5, 0.6) is 0 Å². The van der Waals surface area contributed by atoms with E-state index in [0.29, 0.717) is 0 Å². The standard InChI is InChI=1S/C10H2F21O3P.C7H9N/c11-1(12,3(15,16)5(19,20)7(23,24)9(27,28)29)2(13,14)4(17,18)6(21,22)8(25,26)10(30,31)35(32,33)34;1-6-2-4-7(8)5-3-6/h(H2,32,33,34);2-5H,8H2,1H3. The van der Waals surface area contributed by atoms with Crippen LogP contribution >= 0.6 is 7.60 Å². The van der Waals surface area contributed by atoms with E-state index < -0.39 is 66.8 Å². The maximum atomic E-state index is 13.3. The van der Waals surface area contributed by atoms with E-state index in [2.05, 4.69) is 0 Å².